The van der Waals surface area contributed by atoms with E-state index in [-0.39, 0.29) is 12.2 Å². The Morgan fingerprint density at radius 3 is 1.65 bits per heavy atom. The molecule has 0 unspecified atom stereocenters. The van der Waals surface area contributed by atoms with Gasteiger partial charge in [-0.1, -0.05) is 97.1 Å². The third kappa shape index (κ3) is 5.74. The molecule has 0 fully saturated rings. The van der Waals surface area contributed by atoms with E-state index < -0.39 is 18.8 Å². The largest absolute Gasteiger partial charge is 0.317 e. The first-order chi connectivity index (χ1) is 16.6. The first-order valence-corrected chi connectivity index (χ1v) is 13.3. The zero-order chi connectivity index (χ0) is 23.8. The molecule has 0 aromatic heterocycles. The van der Waals surface area contributed by atoms with Gasteiger partial charge in [0.2, 0.25) is 0 Å². The molecular weight excluding hydrogens is 463 g/mol. The van der Waals surface area contributed by atoms with Crippen LogP contribution in [0.5, 0.6) is 0 Å². The average Bonchev–Trinajstić information content (AvgIpc) is 2.92. The monoisotopic (exact) mass is 488 g/mol. The van der Waals surface area contributed by atoms with E-state index >= 15 is 0 Å². The molecule has 0 N–H and O–H groups in total. The molecule has 0 saturated carbocycles. The minimum Gasteiger partial charge on any atom is -0.317 e. The molecular formula is C29H26ClO3P. The smallest absolute Gasteiger partial charge is 0.261 e. The lowest BCUT2D eigenvalue weighted by molar-refractivity contribution is 0.0953. The standard InChI is InChI=1S/C29H26ClO3P/c30-29(24-15-7-2-8-16-24)28(22-21-27(31)23-13-5-1-6-14-23)33-34(32,25-17-9-3-10-18-25)26-19-11-4-12-20-26/h1-20,28-29H,21-22H2/t28-,29+/m1/s1. The van der Waals surface area contributed by atoms with Gasteiger partial charge in [0.15, 0.2) is 5.78 Å². The third-order valence-corrected chi connectivity index (χ3v) is 8.73. The van der Waals surface area contributed by atoms with Crippen molar-refractivity contribution in [2.75, 3.05) is 0 Å². The Morgan fingerprint density at radius 2 is 1.15 bits per heavy atom. The number of rotatable bonds is 10. The van der Waals surface area contributed by atoms with E-state index in [1.807, 2.05) is 109 Å². The van der Waals surface area contributed by atoms with Crippen molar-refractivity contribution in [1.82, 2.24) is 0 Å². The van der Waals surface area contributed by atoms with E-state index in [1.165, 1.54) is 0 Å². The van der Waals surface area contributed by atoms with Gasteiger partial charge in [0.25, 0.3) is 7.37 Å². The molecule has 4 aromatic carbocycles. The van der Waals surface area contributed by atoms with Crippen LogP contribution in [0.3, 0.4) is 0 Å². The van der Waals surface area contributed by atoms with Gasteiger partial charge in [0.1, 0.15) is 0 Å². The molecule has 0 aliphatic carbocycles. The summed E-state index contributed by atoms with van der Waals surface area (Å²) in [6.45, 7) is 0. The Kier molecular flexibility index (Phi) is 8.13. The normalized spacial score (nSPS) is 13.2. The van der Waals surface area contributed by atoms with Crippen LogP contribution in [0.15, 0.2) is 121 Å². The SMILES string of the molecule is O=C(CC[C@@H](OP(=O)(c1ccccc1)c1ccccc1)[C@@H](Cl)c1ccccc1)c1ccccc1. The fraction of sp³-hybridized carbons (Fsp3) is 0.138. The lowest BCUT2D eigenvalue weighted by atomic mass is 10.00. The van der Waals surface area contributed by atoms with Gasteiger partial charge in [-0.05, 0) is 36.2 Å². The van der Waals surface area contributed by atoms with Crippen molar-refractivity contribution in [3.05, 3.63) is 132 Å². The van der Waals surface area contributed by atoms with Crippen LogP contribution in [0.4, 0.5) is 0 Å². The number of halogens is 1. The first-order valence-electron chi connectivity index (χ1n) is 11.2. The van der Waals surface area contributed by atoms with Crippen molar-refractivity contribution < 1.29 is 13.9 Å². The van der Waals surface area contributed by atoms with Gasteiger partial charge in [-0.15, -0.1) is 11.6 Å². The summed E-state index contributed by atoms with van der Waals surface area (Å²) in [6.07, 6.45) is -0.0858. The molecule has 0 spiro atoms. The first kappa shape index (κ1) is 24.2. The fourth-order valence-corrected chi connectivity index (χ4v) is 6.53. The van der Waals surface area contributed by atoms with Crippen LogP contribution < -0.4 is 10.6 Å². The number of benzene rings is 4. The predicted molar refractivity (Wildman–Crippen MR) is 140 cm³/mol. The highest BCUT2D eigenvalue weighted by Gasteiger charge is 2.35. The Morgan fingerprint density at radius 1 is 0.706 bits per heavy atom. The maximum absolute atomic E-state index is 14.5. The highest BCUT2D eigenvalue weighted by molar-refractivity contribution is 7.74. The zero-order valence-corrected chi connectivity index (χ0v) is 20.3. The molecule has 5 heteroatoms. The fourth-order valence-electron chi connectivity index (χ4n) is 3.86. The number of alkyl halides is 1. The van der Waals surface area contributed by atoms with E-state index in [9.17, 15) is 9.36 Å². The summed E-state index contributed by atoms with van der Waals surface area (Å²) in [4.78, 5) is 12.8. The predicted octanol–water partition coefficient (Wildman–Crippen LogP) is 6.94. The molecule has 0 radical (unpaired) electrons. The maximum atomic E-state index is 14.5. The van der Waals surface area contributed by atoms with Crippen molar-refractivity contribution in [2.24, 2.45) is 0 Å². The molecule has 0 bridgehead atoms. The molecule has 4 rings (SSSR count). The molecule has 0 saturated heterocycles. The second-order valence-electron chi connectivity index (χ2n) is 8.01. The molecule has 2 atom stereocenters. The van der Waals surface area contributed by atoms with Crippen molar-refractivity contribution >= 4 is 35.4 Å². The topological polar surface area (TPSA) is 43.4 Å². The van der Waals surface area contributed by atoms with Crippen LogP contribution in [-0.2, 0) is 9.09 Å². The molecule has 3 nitrogen and oxygen atoms in total. The van der Waals surface area contributed by atoms with Crippen molar-refractivity contribution in [2.45, 2.75) is 24.3 Å². The van der Waals surface area contributed by atoms with Crippen molar-refractivity contribution in [3.63, 3.8) is 0 Å². The van der Waals surface area contributed by atoms with Crippen LogP contribution >= 0.6 is 19.0 Å². The molecule has 34 heavy (non-hydrogen) atoms. The minimum atomic E-state index is -3.48. The van der Waals surface area contributed by atoms with E-state index in [2.05, 4.69) is 0 Å². The minimum absolute atomic E-state index is 0.000355. The molecule has 172 valence electrons. The quantitative estimate of drug-likeness (QED) is 0.138. The van der Waals surface area contributed by atoms with Gasteiger partial charge in [-0.25, -0.2) is 0 Å². The van der Waals surface area contributed by atoms with Crippen LogP contribution in [0, 0.1) is 0 Å². The lowest BCUT2D eigenvalue weighted by Gasteiger charge is -2.29. The zero-order valence-electron chi connectivity index (χ0n) is 18.7. The van der Waals surface area contributed by atoms with Gasteiger partial charge in [0.05, 0.1) is 11.5 Å². The number of hydrogen-bond donors (Lipinski definition) is 0. The molecule has 0 amide bonds. The summed E-state index contributed by atoms with van der Waals surface area (Å²) < 4.78 is 21.0. The van der Waals surface area contributed by atoms with Gasteiger partial charge >= 0.3 is 0 Å². The van der Waals surface area contributed by atoms with Crippen LogP contribution in [-0.4, -0.2) is 11.9 Å². The van der Waals surface area contributed by atoms with Gasteiger partial charge in [0, 0.05) is 22.6 Å². The van der Waals surface area contributed by atoms with Crippen LogP contribution in [0.2, 0.25) is 0 Å². The second-order valence-corrected chi connectivity index (χ2v) is 10.8. The second kappa shape index (κ2) is 11.4. The summed E-state index contributed by atoms with van der Waals surface area (Å²) in [7, 11) is -3.48. The highest BCUT2D eigenvalue weighted by atomic mass is 35.5. The van der Waals surface area contributed by atoms with Crippen molar-refractivity contribution in [3.8, 4) is 0 Å². The summed E-state index contributed by atoms with van der Waals surface area (Å²) in [6, 6.07) is 37.1. The number of carbonyl (C=O) groups is 1. The van der Waals surface area contributed by atoms with Crippen LogP contribution in [0.1, 0.15) is 34.1 Å². The Hall–Kier alpha value is -2.97. The Labute approximate surface area is 205 Å². The van der Waals surface area contributed by atoms with Crippen LogP contribution in [0.25, 0.3) is 0 Å². The van der Waals surface area contributed by atoms with E-state index in [0.29, 0.717) is 22.6 Å². The van der Waals surface area contributed by atoms with Crippen molar-refractivity contribution in [1.29, 1.82) is 0 Å². The van der Waals surface area contributed by atoms with Gasteiger partial charge in [-0.2, -0.15) is 0 Å². The van der Waals surface area contributed by atoms with Gasteiger partial charge < -0.3 is 4.52 Å². The number of Topliss-reactive ketones (excluding diaryl/α,β-unsaturated/α-hetero) is 1. The molecule has 0 aliphatic rings. The maximum Gasteiger partial charge on any atom is 0.261 e. The Balaban J connectivity index is 1.68. The van der Waals surface area contributed by atoms with E-state index in [0.717, 1.165) is 5.56 Å². The lowest BCUT2D eigenvalue weighted by Crippen LogP contribution is -2.26. The number of carbonyl (C=O) groups excluding carboxylic acids is 1. The highest BCUT2D eigenvalue weighted by Crippen LogP contribution is 2.49. The third-order valence-electron chi connectivity index (χ3n) is 5.67. The van der Waals surface area contributed by atoms with Gasteiger partial charge in [-0.3, -0.25) is 9.36 Å². The molecule has 4 aromatic rings. The average molecular weight is 489 g/mol. The summed E-state index contributed by atoms with van der Waals surface area (Å²) in [5.74, 6) is 0.000355. The Bertz CT molecular complexity index is 1190. The summed E-state index contributed by atoms with van der Waals surface area (Å²) in [5, 5.41) is 0.612. The molecule has 0 heterocycles. The number of hydrogen-bond acceptors (Lipinski definition) is 3. The summed E-state index contributed by atoms with van der Waals surface area (Å²) >= 11 is 6.93. The molecule has 0 aliphatic heterocycles. The number of ketones is 1. The van der Waals surface area contributed by atoms with E-state index in [4.69, 9.17) is 16.1 Å². The van der Waals surface area contributed by atoms with E-state index in [1.54, 1.807) is 12.1 Å². The summed E-state index contributed by atoms with van der Waals surface area (Å²) in [5.41, 5.74) is 1.50.